The van der Waals surface area contributed by atoms with E-state index in [1.165, 1.54) is 38.4 Å². The zero-order chi connectivity index (χ0) is 12.8. The minimum absolute atomic E-state index is 0.523. The van der Waals surface area contributed by atoms with Gasteiger partial charge in [0.25, 0.3) is 0 Å². The maximum absolute atomic E-state index is 9.13. The second-order valence-corrected chi connectivity index (χ2v) is 6.50. The SMILES string of the molecule is N#Cc1cncnc1NC1C2CC3CC(C2)CC1C3. The van der Waals surface area contributed by atoms with E-state index in [1.54, 1.807) is 6.20 Å². The molecular weight excluding hydrogens is 236 g/mol. The van der Waals surface area contributed by atoms with Crippen LogP contribution in [0.1, 0.15) is 37.7 Å². The highest BCUT2D eigenvalue weighted by atomic mass is 15.1. The van der Waals surface area contributed by atoms with Crippen molar-refractivity contribution in [3.63, 3.8) is 0 Å². The van der Waals surface area contributed by atoms with Crippen LogP contribution >= 0.6 is 0 Å². The summed E-state index contributed by atoms with van der Waals surface area (Å²) < 4.78 is 0. The van der Waals surface area contributed by atoms with Crippen molar-refractivity contribution in [3.8, 4) is 6.07 Å². The van der Waals surface area contributed by atoms with Crippen molar-refractivity contribution in [2.45, 2.75) is 38.1 Å². The lowest BCUT2D eigenvalue weighted by Gasteiger charge is -2.54. The molecule has 4 saturated carbocycles. The first-order chi connectivity index (χ1) is 9.33. The molecule has 1 N–H and O–H groups in total. The topological polar surface area (TPSA) is 61.6 Å². The number of anilines is 1. The summed E-state index contributed by atoms with van der Waals surface area (Å²) in [6, 6.07) is 2.70. The van der Waals surface area contributed by atoms with E-state index in [2.05, 4.69) is 21.4 Å². The monoisotopic (exact) mass is 254 g/mol. The number of rotatable bonds is 2. The summed E-state index contributed by atoms with van der Waals surface area (Å²) in [5, 5.41) is 12.7. The highest BCUT2D eigenvalue weighted by molar-refractivity contribution is 5.50. The molecule has 4 fully saturated rings. The lowest BCUT2D eigenvalue weighted by molar-refractivity contribution is 0.00740. The summed E-state index contributed by atoms with van der Waals surface area (Å²) in [4.78, 5) is 8.18. The molecular formula is C15H18N4. The van der Waals surface area contributed by atoms with Crippen LogP contribution in [-0.2, 0) is 0 Å². The van der Waals surface area contributed by atoms with E-state index in [9.17, 15) is 0 Å². The molecule has 0 amide bonds. The quantitative estimate of drug-likeness (QED) is 0.881. The van der Waals surface area contributed by atoms with Gasteiger partial charge in [0, 0.05) is 6.04 Å². The van der Waals surface area contributed by atoms with Crippen LogP contribution in [0.5, 0.6) is 0 Å². The molecule has 4 nitrogen and oxygen atoms in total. The van der Waals surface area contributed by atoms with Crippen molar-refractivity contribution in [1.29, 1.82) is 5.26 Å². The fourth-order valence-corrected chi connectivity index (χ4v) is 4.85. The van der Waals surface area contributed by atoms with Crippen LogP contribution in [0.2, 0.25) is 0 Å². The molecule has 0 saturated heterocycles. The summed E-state index contributed by atoms with van der Waals surface area (Å²) in [5.74, 6) is 4.26. The van der Waals surface area contributed by atoms with Crippen molar-refractivity contribution in [2.75, 3.05) is 5.32 Å². The fraction of sp³-hybridized carbons (Fsp3) is 0.667. The molecule has 0 aliphatic heterocycles. The first-order valence-electron chi connectivity index (χ1n) is 7.30. The molecule has 4 heteroatoms. The smallest absolute Gasteiger partial charge is 0.147 e. The van der Waals surface area contributed by atoms with Gasteiger partial charge in [-0.2, -0.15) is 5.26 Å². The Kier molecular flexibility index (Phi) is 2.48. The Labute approximate surface area is 113 Å². The molecule has 1 heterocycles. The van der Waals surface area contributed by atoms with E-state index in [0.717, 1.165) is 29.5 Å². The average Bonchev–Trinajstić information content (AvgIpc) is 2.42. The largest absolute Gasteiger partial charge is 0.366 e. The van der Waals surface area contributed by atoms with Gasteiger partial charge in [-0.05, 0) is 55.8 Å². The van der Waals surface area contributed by atoms with Crippen LogP contribution in [0.4, 0.5) is 5.82 Å². The highest BCUT2D eigenvalue weighted by Crippen LogP contribution is 2.54. The molecule has 98 valence electrons. The summed E-state index contributed by atoms with van der Waals surface area (Å²) >= 11 is 0. The minimum Gasteiger partial charge on any atom is -0.366 e. The number of nitrogens with one attached hydrogen (secondary N) is 1. The van der Waals surface area contributed by atoms with E-state index < -0.39 is 0 Å². The number of aromatic nitrogens is 2. The Hall–Kier alpha value is -1.63. The molecule has 0 aromatic carbocycles. The maximum atomic E-state index is 9.13. The number of nitriles is 1. The third-order valence-electron chi connectivity index (χ3n) is 5.36. The molecule has 0 atom stereocenters. The van der Waals surface area contributed by atoms with E-state index >= 15 is 0 Å². The van der Waals surface area contributed by atoms with Crippen molar-refractivity contribution in [3.05, 3.63) is 18.1 Å². The van der Waals surface area contributed by atoms with E-state index in [-0.39, 0.29) is 0 Å². The van der Waals surface area contributed by atoms with Gasteiger partial charge in [-0.1, -0.05) is 0 Å². The van der Waals surface area contributed by atoms with Crippen molar-refractivity contribution in [2.24, 2.45) is 23.7 Å². The van der Waals surface area contributed by atoms with Gasteiger partial charge >= 0.3 is 0 Å². The van der Waals surface area contributed by atoms with Crippen molar-refractivity contribution < 1.29 is 0 Å². The minimum atomic E-state index is 0.523. The highest BCUT2D eigenvalue weighted by Gasteiger charge is 2.48. The zero-order valence-corrected chi connectivity index (χ0v) is 10.9. The van der Waals surface area contributed by atoms with Crippen molar-refractivity contribution in [1.82, 2.24) is 9.97 Å². The second kappa shape index (κ2) is 4.19. The number of hydrogen-bond donors (Lipinski definition) is 1. The van der Waals surface area contributed by atoms with Crippen LogP contribution in [0.3, 0.4) is 0 Å². The molecule has 0 unspecified atom stereocenters. The first kappa shape index (κ1) is 11.2. The number of hydrogen-bond acceptors (Lipinski definition) is 4. The first-order valence-corrected chi connectivity index (χ1v) is 7.30. The van der Waals surface area contributed by atoms with E-state index in [0.29, 0.717) is 11.6 Å². The molecule has 0 spiro atoms. The Morgan fingerprint density at radius 2 is 1.79 bits per heavy atom. The van der Waals surface area contributed by atoms with E-state index in [1.807, 2.05) is 0 Å². The third kappa shape index (κ3) is 1.80. The molecule has 1 aromatic heterocycles. The third-order valence-corrected chi connectivity index (χ3v) is 5.36. The molecule has 5 rings (SSSR count). The zero-order valence-electron chi connectivity index (χ0n) is 10.9. The van der Waals surface area contributed by atoms with Gasteiger partial charge in [0.2, 0.25) is 0 Å². The summed E-state index contributed by atoms with van der Waals surface area (Å²) in [5.41, 5.74) is 0.566. The molecule has 4 bridgehead atoms. The van der Waals surface area contributed by atoms with Gasteiger partial charge in [-0.15, -0.1) is 0 Å². The lowest BCUT2D eigenvalue weighted by Crippen LogP contribution is -2.51. The van der Waals surface area contributed by atoms with Gasteiger partial charge < -0.3 is 5.32 Å². The van der Waals surface area contributed by atoms with Gasteiger partial charge in [-0.3, -0.25) is 0 Å². The summed E-state index contributed by atoms with van der Waals surface area (Å²) in [7, 11) is 0. The molecule has 19 heavy (non-hydrogen) atoms. The molecule has 0 radical (unpaired) electrons. The van der Waals surface area contributed by atoms with Gasteiger partial charge in [0.05, 0.1) is 6.20 Å². The van der Waals surface area contributed by atoms with Crippen LogP contribution in [-0.4, -0.2) is 16.0 Å². The summed E-state index contributed by atoms with van der Waals surface area (Å²) in [6.07, 6.45) is 10.1. The van der Waals surface area contributed by atoms with Crippen LogP contribution in [0.25, 0.3) is 0 Å². The Morgan fingerprint density at radius 3 is 2.42 bits per heavy atom. The Bertz CT molecular complexity index is 505. The van der Waals surface area contributed by atoms with Gasteiger partial charge in [0.15, 0.2) is 0 Å². The normalized spacial score (nSPS) is 39.0. The maximum Gasteiger partial charge on any atom is 0.147 e. The Morgan fingerprint density at radius 1 is 1.11 bits per heavy atom. The predicted octanol–water partition coefficient (Wildman–Crippen LogP) is 2.58. The molecule has 1 aromatic rings. The number of nitrogens with zero attached hydrogens (tertiary/aromatic N) is 3. The van der Waals surface area contributed by atoms with Crippen LogP contribution in [0.15, 0.2) is 12.5 Å². The molecule has 4 aliphatic carbocycles. The van der Waals surface area contributed by atoms with E-state index in [4.69, 9.17) is 5.26 Å². The van der Waals surface area contributed by atoms with Crippen molar-refractivity contribution >= 4 is 5.82 Å². The van der Waals surface area contributed by atoms with Crippen LogP contribution in [0, 0.1) is 35.0 Å². The van der Waals surface area contributed by atoms with Gasteiger partial charge in [0.1, 0.15) is 23.8 Å². The Balaban J connectivity index is 1.59. The summed E-state index contributed by atoms with van der Waals surface area (Å²) in [6.45, 7) is 0. The fourth-order valence-electron chi connectivity index (χ4n) is 4.85. The lowest BCUT2D eigenvalue weighted by atomic mass is 9.54. The predicted molar refractivity (Wildman–Crippen MR) is 71.2 cm³/mol. The van der Waals surface area contributed by atoms with Crippen LogP contribution < -0.4 is 5.32 Å². The average molecular weight is 254 g/mol. The van der Waals surface area contributed by atoms with Gasteiger partial charge in [-0.25, -0.2) is 9.97 Å². The molecule has 4 aliphatic rings. The second-order valence-electron chi connectivity index (χ2n) is 6.50. The standard InChI is InChI=1S/C15H18N4/c16-6-13-7-17-8-18-15(13)19-14-11-2-9-1-10(4-11)5-12(14)3-9/h7-12,14H,1-5H2,(H,17,18,19).